The zero-order valence-corrected chi connectivity index (χ0v) is 16.9. The molecule has 0 radical (unpaired) electrons. The van der Waals surface area contributed by atoms with Gasteiger partial charge in [-0.05, 0) is 60.3 Å². The zero-order valence-electron chi connectivity index (χ0n) is 14.5. The van der Waals surface area contributed by atoms with Crippen LogP contribution in [-0.2, 0) is 4.79 Å². The van der Waals surface area contributed by atoms with E-state index in [1.165, 1.54) is 11.8 Å². The molecule has 134 valence electrons. The molecule has 3 aromatic rings. The topological polar surface area (TPSA) is 37.6 Å². The summed E-state index contributed by atoms with van der Waals surface area (Å²) in [5.41, 5.74) is 2.81. The molecule has 1 amide bonds. The Morgan fingerprint density at radius 3 is 2.63 bits per heavy atom. The van der Waals surface area contributed by atoms with Crippen LogP contribution < -0.4 is 0 Å². The molecule has 2 heterocycles. The van der Waals surface area contributed by atoms with Crippen LogP contribution in [0.15, 0.2) is 87.3 Å². The van der Waals surface area contributed by atoms with Crippen molar-refractivity contribution < 1.29 is 4.79 Å². The normalized spacial score (nSPS) is 17.3. The number of para-hydroxylation sites is 1. The van der Waals surface area contributed by atoms with Gasteiger partial charge in [-0.3, -0.25) is 9.69 Å². The van der Waals surface area contributed by atoms with E-state index in [1.54, 1.807) is 11.9 Å². The molecule has 0 N–H and O–H groups in total. The highest BCUT2D eigenvalue weighted by molar-refractivity contribution is 9.10. The standard InChI is InChI=1S/C21H16BrN3OS/c1-24-20(26)19(27-21(24)23-16-8-3-2-4-9-16)14-18-11-6-12-25(18)17-10-5-7-15(22)13-17/h2-14H,1H3/b19-14-,23-21?. The van der Waals surface area contributed by atoms with Crippen molar-refractivity contribution in [3.05, 3.63) is 88.0 Å². The maximum absolute atomic E-state index is 12.7. The van der Waals surface area contributed by atoms with Crippen molar-refractivity contribution in [2.75, 3.05) is 7.05 Å². The predicted molar refractivity (Wildman–Crippen MR) is 115 cm³/mol. The second kappa shape index (κ2) is 7.58. The van der Waals surface area contributed by atoms with Gasteiger partial charge in [0.05, 0.1) is 10.6 Å². The summed E-state index contributed by atoms with van der Waals surface area (Å²) in [5, 5.41) is 0.679. The highest BCUT2D eigenvalue weighted by Gasteiger charge is 2.30. The van der Waals surface area contributed by atoms with Gasteiger partial charge < -0.3 is 4.57 Å². The van der Waals surface area contributed by atoms with Gasteiger partial charge in [0.15, 0.2) is 5.17 Å². The Balaban J connectivity index is 1.67. The Hall–Kier alpha value is -2.57. The summed E-state index contributed by atoms with van der Waals surface area (Å²) >= 11 is 4.90. The van der Waals surface area contributed by atoms with Crippen LogP contribution in [0.4, 0.5) is 5.69 Å². The molecule has 1 aromatic heterocycles. The molecule has 0 saturated carbocycles. The number of amidine groups is 1. The van der Waals surface area contributed by atoms with E-state index in [1.807, 2.05) is 79.0 Å². The second-order valence-corrected chi connectivity index (χ2v) is 7.91. The average molecular weight is 438 g/mol. The van der Waals surface area contributed by atoms with Crippen molar-refractivity contribution in [2.24, 2.45) is 4.99 Å². The fourth-order valence-electron chi connectivity index (χ4n) is 2.77. The molecule has 1 aliphatic heterocycles. The average Bonchev–Trinajstić information content (AvgIpc) is 3.24. The number of halogens is 1. The van der Waals surface area contributed by atoms with Gasteiger partial charge >= 0.3 is 0 Å². The smallest absolute Gasteiger partial charge is 0.266 e. The summed E-state index contributed by atoms with van der Waals surface area (Å²) < 4.78 is 3.06. The number of carbonyl (C=O) groups is 1. The molecule has 0 aliphatic carbocycles. The molecule has 0 spiro atoms. The molecule has 4 nitrogen and oxygen atoms in total. The van der Waals surface area contributed by atoms with E-state index >= 15 is 0 Å². The van der Waals surface area contributed by atoms with Crippen LogP contribution in [0.5, 0.6) is 0 Å². The SMILES string of the molecule is CN1C(=O)/C(=C/c2cccn2-c2cccc(Br)c2)SC1=Nc1ccccc1. The van der Waals surface area contributed by atoms with Crippen molar-refractivity contribution in [1.29, 1.82) is 0 Å². The van der Waals surface area contributed by atoms with E-state index in [2.05, 4.69) is 25.5 Å². The molecule has 2 aromatic carbocycles. The van der Waals surface area contributed by atoms with Crippen molar-refractivity contribution in [3.8, 4) is 5.69 Å². The van der Waals surface area contributed by atoms with Crippen LogP contribution in [-0.4, -0.2) is 27.6 Å². The number of thioether (sulfide) groups is 1. The van der Waals surface area contributed by atoms with Gasteiger partial charge in [0, 0.05) is 29.1 Å². The van der Waals surface area contributed by atoms with Gasteiger partial charge in [0.2, 0.25) is 0 Å². The van der Waals surface area contributed by atoms with Crippen molar-refractivity contribution in [3.63, 3.8) is 0 Å². The quantitative estimate of drug-likeness (QED) is 0.509. The fraction of sp³-hybridized carbons (Fsp3) is 0.0476. The largest absolute Gasteiger partial charge is 0.317 e. The number of carbonyl (C=O) groups excluding carboxylic acids is 1. The summed E-state index contributed by atoms with van der Waals surface area (Å²) in [7, 11) is 1.76. The first-order valence-electron chi connectivity index (χ1n) is 8.36. The number of amides is 1. The second-order valence-electron chi connectivity index (χ2n) is 5.99. The summed E-state index contributed by atoms with van der Waals surface area (Å²) in [6.45, 7) is 0. The molecule has 4 rings (SSSR count). The maximum Gasteiger partial charge on any atom is 0.266 e. The van der Waals surface area contributed by atoms with Crippen molar-refractivity contribution in [2.45, 2.75) is 0 Å². The zero-order chi connectivity index (χ0) is 18.8. The summed E-state index contributed by atoms with van der Waals surface area (Å²) in [4.78, 5) is 19.5. The summed E-state index contributed by atoms with van der Waals surface area (Å²) in [6, 6.07) is 21.7. The van der Waals surface area contributed by atoms with E-state index in [0.29, 0.717) is 10.1 Å². The monoisotopic (exact) mass is 437 g/mol. The molecule has 27 heavy (non-hydrogen) atoms. The van der Waals surface area contributed by atoms with Crippen LogP contribution in [0.2, 0.25) is 0 Å². The number of hydrogen-bond donors (Lipinski definition) is 0. The lowest BCUT2D eigenvalue weighted by atomic mass is 10.3. The van der Waals surface area contributed by atoms with Gasteiger partial charge in [0.25, 0.3) is 5.91 Å². The fourth-order valence-corrected chi connectivity index (χ4v) is 4.13. The molecule has 1 fully saturated rings. The number of rotatable bonds is 3. The lowest BCUT2D eigenvalue weighted by Gasteiger charge is -2.08. The number of aromatic nitrogens is 1. The van der Waals surface area contributed by atoms with E-state index in [-0.39, 0.29) is 5.91 Å². The Morgan fingerprint density at radius 2 is 1.85 bits per heavy atom. The first-order valence-corrected chi connectivity index (χ1v) is 9.97. The van der Waals surface area contributed by atoms with Crippen LogP contribution in [0.1, 0.15) is 5.69 Å². The molecular formula is C21H16BrN3OS. The lowest BCUT2D eigenvalue weighted by Crippen LogP contribution is -2.23. The van der Waals surface area contributed by atoms with Gasteiger partial charge in [-0.1, -0.05) is 40.2 Å². The summed E-state index contributed by atoms with van der Waals surface area (Å²) in [5.74, 6) is -0.0447. The van der Waals surface area contributed by atoms with E-state index < -0.39 is 0 Å². The minimum atomic E-state index is -0.0447. The first kappa shape index (κ1) is 17.8. The lowest BCUT2D eigenvalue weighted by molar-refractivity contribution is -0.121. The molecule has 1 saturated heterocycles. The molecule has 0 unspecified atom stereocenters. The molecule has 0 atom stereocenters. The van der Waals surface area contributed by atoms with Crippen molar-refractivity contribution in [1.82, 2.24) is 9.47 Å². The van der Waals surface area contributed by atoms with E-state index in [0.717, 1.165) is 21.5 Å². The Labute approximate surface area is 170 Å². The number of likely N-dealkylation sites (N-methyl/N-ethyl adjacent to an activating group) is 1. The number of aliphatic imine (C=N–C) groups is 1. The number of nitrogens with zero attached hydrogens (tertiary/aromatic N) is 3. The number of hydrogen-bond acceptors (Lipinski definition) is 3. The predicted octanol–water partition coefficient (Wildman–Crippen LogP) is 5.47. The Morgan fingerprint density at radius 1 is 1.04 bits per heavy atom. The first-order chi connectivity index (χ1) is 13.1. The van der Waals surface area contributed by atoms with Crippen LogP contribution in [0.3, 0.4) is 0 Å². The van der Waals surface area contributed by atoms with Gasteiger partial charge in [-0.2, -0.15) is 0 Å². The highest BCUT2D eigenvalue weighted by Crippen LogP contribution is 2.33. The molecular weight excluding hydrogens is 422 g/mol. The Bertz CT molecular complexity index is 1060. The minimum absolute atomic E-state index is 0.0447. The van der Waals surface area contributed by atoms with Crippen LogP contribution >= 0.6 is 27.7 Å². The third-order valence-corrected chi connectivity index (χ3v) is 5.68. The molecule has 6 heteroatoms. The van der Waals surface area contributed by atoms with E-state index in [9.17, 15) is 4.79 Å². The highest BCUT2D eigenvalue weighted by atomic mass is 79.9. The number of benzene rings is 2. The van der Waals surface area contributed by atoms with Gasteiger partial charge in [-0.25, -0.2) is 4.99 Å². The van der Waals surface area contributed by atoms with Crippen molar-refractivity contribution >= 4 is 50.5 Å². The molecule has 0 bridgehead atoms. The van der Waals surface area contributed by atoms with E-state index in [4.69, 9.17) is 0 Å². The van der Waals surface area contributed by atoms with Crippen LogP contribution in [0, 0.1) is 0 Å². The summed E-state index contributed by atoms with van der Waals surface area (Å²) in [6.07, 6.45) is 3.90. The van der Waals surface area contributed by atoms with Crippen LogP contribution in [0.25, 0.3) is 11.8 Å². The third kappa shape index (κ3) is 3.77. The third-order valence-electron chi connectivity index (χ3n) is 4.13. The van der Waals surface area contributed by atoms with Gasteiger partial charge in [0.1, 0.15) is 0 Å². The maximum atomic E-state index is 12.7. The molecule has 1 aliphatic rings. The minimum Gasteiger partial charge on any atom is -0.317 e. The van der Waals surface area contributed by atoms with Gasteiger partial charge in [-0.15, -0.1) is 0 Å². The Kier molecular flexibility index (Phi) is 5.01.